The van der Waals surface area contributed by atoms with E-state index in [1.807, 2.05) is 41.8 Å². The van der Waals surface area contributed by atoms with Crippen molar-refractivity contribution in [2.75, 3.05) is 13.1 Å². The molecule has 3 aromatic heterocycles. The van der Waals surface area contributed by atoms with Crippen LogP contribution in [0.5, 0.6) is 0 Å². The van der Waals surface area contributed by atoms with Gasteiger partial charge in [0.25, 0.3) is 0 Å². The van der Waals surface area contributed by atoms with Crippen LogP contribution in [-0.2, 0) is 17.9 Å². The van der Waals surface area contributed by atoms with E-state index in [9.17, 15) is 4.79 Å². The summed E-state index contributed by atoms with van der Waals surface area (Å²) in [6.07, 6.45) is 13.1. The number of hydrogen-bond acceptors (Lipinski definition) is 5. The molecule has 0 spiro atoms. The minimum Gasteiger partial charge on any atom is -0.342 e. The van der Waals surface area contributed by atoms with Gasteiger partial charge in [-0.25, -0.2) is 9.97 Å². The van der Waals surface area contributed by atoms with Crippen molar-refractivity contribution in [1.82, 2.24) is 34.2 Å². The van der Waals surface area contributed by atoms with Crippen molar-refractivity contribution in [3.8, 4) is 0 Å². The summed E-state index contributed by atoms with van der Waals surface area (Å²) in [5, 5.41) is 4.06. The lowest BCUT2D eigenvalue weighted by Crippen LogP contribution is -2.40. The van der Waals surface area contributed by atoms with Crippen molar-refractivity contribution in [1.29, 1.82) is 0 Å². The molecule has 1 aliphatic rings. The van der Waals surface area contributed by atoms with E-state index in [2.05, 4.69) is 24.6 Å². The van der Waals surface area contributed by atoms with Crippen molar-refractivity contribution in [3.63, 3.8) is 0 Å². The lowest BCUT2D eigenvalue weighted by atomic mass is 9.96. The maximum atomic E-state index is 12.6. The minimum absolute atomic E-state index is 0.169. The predicted octanol–water partition coefficient (Wildman–Crippen LogP) is 1.71. The van der Waals surface area contributed by atoms with Crippen LogP contribution in [0.4, 0.5) is 0 Å². The second-order valence-electron chi connectivity index (χ2n) is 6.86. The lowest BCUT2D eigenvalue weighted by Gasteiger charge is -2.32. The van der Waals surface area contributed by atoms with Crippen LogP contribution in [0.1, 0.15) is 36.6 Å². The number of amides is 1. The Morgan fingerprint density at radius 3 is 2.89 bits per heavy atom. The van der Waals surface area contributed by atoms with Crippen LogP contribution in [0.2, 0.25) is 0 Å². The SMILES string of the molecule is O=C(CCn1cncn1)N1CCCC(c2nccn2Cc2ccncc2)C1. The molecule has 1 aliphatic heterocycles. The molecule has 27 heavy (non-hydrogen) atoms. The Hall–Kier alpha value is -3.03. The molecule has 1 amide bonds. The number of hydrogen-bond donors (Lipinski definition) is 0. The highest BCUT2D eigenvalue weighted by molar-refractivity contribution is 5.76. The maximum absolute atomic E-state index is 12.6. The van der Waals surface area contributed by atoms with E-state index >= 15 is 0 Å². The van der Waals surface area contributed by atoms with E-state index in [1.165, 1.54) is 11.9 Å². The summed E-state index contributed by atoms with van der Waals surface area (Å²) in [7, 11) is 0. The fourth-order valence-corrected chi connectivity index (χ4v) is 3.63. The second-order valence-corrected chi connectivity index (χ2v) is 6.86. The monoisotopic (exact) mass is 365 g/mol. The number of carbonyl (C=O) groups is 1. The summed E-state index contributed by atoms with van der Waals surface area (Å²) >= 11 is 0. The molecule has 140 valence electrons. The number of nitrogens with zero attached hydrogens (tertiary/aromatic N) is 7. The molecule has 0 aliphatic carbocycles. The van der Waals surface area contributed by atoms with E-state index in [4.69, 9.17) is 0 Å². The zero-order valence-corrected chi connectivity index (χ0v) is 15.2. The first-order valence-electron chi connectivity index (χ1n) is 9.30. The highest BCUT2D eigenvalue weighted by Crippen LogP contribution is 2.26. The third kappa shape index (κ3) is 4.21. The maximum Gasteiger partial charge on any atom is 0.224 e. The average molecular weight is 365 g/mol. The number of aromatic nitrogens is 6. The van der Waals surface area contributed by atoms with Crippen LogP contribution in [0.3, 0.4) is 0 Å². The highest BCUT2D eigenvalue weighted by atomic mass is 16.2. The average Bonchev–Trinajstić information content (AvgIpc) is 3.39. The van der Waals surface area contributed by atoms with Crippen molar-refractivity contribution < 1.29 is 4.79 Å². The van der Waals surface area contributed by atoms with Crippen LogP contribution in [0.15, 0.2) is 49.6 Å². The van der Waals surface area contributed by atoms with Gasteiger partial charge in [-0.15, -0.1) is 0 Å². The molecule has 1 saturated heterocycles. The van der Waals surface area contributed by atoms with Crippen molar-refractivity contribution >= 4 is 5.91 Å². The van der Waals surface area contributed by atoms with Gasteiger partial charge in [-0.2, -0.15) is 5.10 Å². The van der Waals surface area contributed by atoms with Crippen LogP contribution in [0.25, 0.3) is 0 Å². The normalized spacial score (nSPS) is 17.2. The van der Waals surface area contributed by atoms with E-state index in [0.29, 0.717) is 13.0 Å². The molecule has 8 heteroatoms. The van der Waals surface area contributed by atoms with Gasteiger partial charge in [-0.1, -0.05) is 0 Å². The van der Waals surface area contributed by atoms with E-state index < -0.39 is 0 Å². The van der Waals surface area contributed by atoms with Gasteiger partial charge in [0.05, 0.1) is 6.54 Å². The number of pyridine rings is 1. The molecular weight excluding hydrogens is 342 g/mol. The number of aryl methyl sites for hydroxylation is 1. The Bertz CT molecular complexity index is 859. The number of piperidine rings is 1. The molecule has 0 N–H and O–H groups in total. The van der Waals surface area contributed by atoms with Crippen LogP contribution in [-0.4, -0.2) is 53.2 Å². The molecule has 0 aromatic carbocycles. The van der Waals surface area contributed by atoms with Crippen molar-refractivity contribution in [2.45, 2.75) is 38.3 Å². The molecule has 1 fully saturated rings. The van der Waals surface area contributed by atoms with Gasteiger partial charge in [0.15, 0.2) is 0 Å². The second kappa shape index (κ2) is 8.11. The van der Waals surface area contributed by atoms with Crippen molar-refractivity contribution in [3.05, 3.63) is 61.0 Å². The lowest BCUT2D eigenvalue weighted by molar-refractivity contribution is -0.132. The van der Waals surface area contributed by atoms with E-state index in [-0.39, 0.29) is 11.8 Å². The van der Waals surface area contributed by atoms with Gasteiger partial charge in [-0.05, 0) is 30.5 Å². The fraction of sp³-hybridized carbons (Fsp3) is 0.421. The molecule has 0 bridgehead atoms. The highest BCUT2D eigenvalue weighted by Gasteiger charge is 2.27. The number of rotatable bonds is 6. The summed E-state index contributed by atoms with van der Waals surface area (Å²) in [6.45, 7) is 2.88. The summed E-state index contributed by atoms with van der Waals surface area (Å²) in [6, 6.07) is 4.04. The zero-order valence-electron chi connectivity index (χ0n) is 15.2. The Balaban J connectivity index is 1.40. The van der Waals surface area contributed by atoms with Gasteiger partial charge in [0.1, 0.15) is 18.5 Å². The predicted molar refractivity (Wildman–Crippen MR) is 98.8 cm³/mol. The zero-order chi connectivity index (χ0) is 18.5. The molecule has 0 saturated carbocycles. The smallest absolute Gasteiger partial charge is 0.224 e. The van der Waals surface area contributed by atoms with E-state index in [1.54, 1.807) is 11.0 Å². The molecule has 4 rings (SSSR count). The van der Waals surface area contributed by atoms with Crippen LogP contribution < -0.4 is 0 Å². The fourth-order valence-electron chi connectivity index (χ4n) is 3.63. The first kappa shape index (κ1) is 17.4. The van der Waals surface area contributed by atoms with Crippen LogP contribution in [0, 0.1) is 0 Å². The quantitative estimate of drug-likeness (QED) is 0.664. The number of imidazole rings is 1. The third-order valence-electron chi connectivity index (χ3n) is 5.01. The Morgan fingerprint density at radius 1 is 1.19 bits per heavy atom. The molecule has 1 unspecified atom stereocenters. The van der Waals surface area contributed by atoms with Gasteiger partial charge in [0, 0.05) is 56.8 Å². The molecule has 3 aromatic rings. The van der Waals surface area contributed by atoms with Crippen LogP contribution >= 0.6 is 0 Å². The Morgan fingerprint density at radius 2 is 2.07 bits per heavy atom. The minimum atomic E-state index is 0.169. The topological polar surface area (TPSA) is 81.7 Å². The van der Waals surface area contributed by atoms with Gasteiger partial charge < -0.3 is 9.47 Å². The summed E-state index contributed by atoms with van der Waals surface area (Å²) in [5.41, 5.74) is 1.20. The first-order chi connectivity index (χ1) is 13.3. The van der Waals surface area contributed by atoms with Gasteiger partial charge in [0.2, 0.25) is 5.91 Å². The molecule has 0 radical (unpaired) electrons. The number of likely N-dealkylation sites (tertiary alicyclic amines) is 1. The first-order valence-corrected chi connectivity index (χ1v) is 9.30. The third-order valence-corrected chi connectivity index (χ3v) is 5.01. The molecule has 8 nitrogen and oxygen atoms in total. The Labute approximate surface area is 157 Å². The van der Waals surface area contributed by atoms with E-state index in [0.717, 1.165) is 38.3 Å². The summed E-state index contributed by atoms with van der Waals surface area (Å²) in [5.74, 6) is 1.49. The Kier molecular flexibility index (Phi) is 5.22. The summed E-state index contributed by atoms with van der Waals surface area (Å²) < 4.78 is 3.88. The largest absolute Gasteiger partial charge is 0.342 e. The van der Waals surface area contributed by atoms with Crippen molar-refractivity contribution in [2.24, 2.45) is 0 Å². The molecular formula is C19H23N7O. The number of carbonyl (C=O) groups excluding carboxylic acids is 1. The van der Waals surface area contributed by atoms with Gasteiger partial charge >= 0.3 is 0 Å². The van der Waals surface area contributed by atoms with Gasteiger partial charge in [-0.3, -0.25) is 14.5 Å². The summed E-state index contributed by atoms with van der Waals surface area (Å²) in [4.78, 5) is 27.2. The molecule has 1 atom stereocenters. The standard InChI is InChI=1S/C19H23N7O/c27-18(5-10-26-15-21-14-23-26)24-9-1-2-17(13-24)19-22-8-11-25(19)12-16-3-6-20-7-4-16/h3-4,6-8,11,14-15,17H,1-2,5,9-10,12-13H2. The molecule has 4 heterocycles.